The molecule has 76 valence electrons. The van der Waals surface area contributed by atoms with Gasteiger partial charge in [0.25, 0.3) is 6.04 Å². The van der Waals surface area contributed by atoms with Crippen molar-refractivity contribution >= 4 is 0 Å². The zero-order valence-electron chi connectivity index (χ0n) is 7.71. The minimum atomic E-state index is -1.08. The predicted octanol–water partition coefficient (Wildman–Crippen LogP) is 1.01. The first-order chi connectivity index (χ1) is 6.69. The van der Waals surface area contributed by atoms with Gasteiger partial charge in [-0.3, -0.25) is 10.1 Å². The summed E-state index contributed by atoms with van der Waals surface area (Å²) in [6.07, 6.45) is 0. The molecule has 0 aliphatic heterocycles. The number of methoxy groups -OCH3 is 1. The van der Waals surface area contributed by atoms with E-state index in [4.69, 9.17) is 9.84 Å². The summed E-state index contributed by atoms with van der Waals surface area (Å²) in [4.78, 5) is 10.0. The van der Waals surface area contributed by atoms with Gasteiger partial charge in [0.15, 0.2) is 0 Å². The first-order valence-electron chi connectivity index (χ1n) is 4.07. The van der Waals surface area contributed by atoms with Gasteiger partial charge in [-0.1, -0.05) is 12.1 Å². The quantitative estimate of drug-likeness (QED) is 0.577. The van der Waals surface area contributed by atoms with E-state index in [0.717, 1.165) is 0 Å². The van der Waals surface area contributed by atoms with Gasteiger partial charge in [-0.2, -0.15) is 0 Å². The van der Waals surface area contributed by atoms with Crippen molar-refractivity contribution < 1.29 is 14.8 Å². The molecule has 0 aliphatic carbocycles. The second-order valence-electron chi connectivity index (χ2n) is 2.76. The van der Waals surface area contributed by atoms with Crippen molar-refractivity contribution in [2.24, 2.45) is 0 Å². The van der Waals surface area contributed by atoms with Gasteiger partial charge in [-0.15, -0.1) is 0 Å². The van der Waals surface area contributed by atoms with Crippen molar-refractivity contribution in [3.05, 3.63) is 39.9 Å². The third kappa shape index (κ3) is 2.20. The third-order valence-electron chi connectivity index (χ3n) is 1.91. The van der Waals surface area contributed by atoms with Gasteiger partial charge < -0.3 is 9.84 Å². The summed E-state index contributed by atoms with van der Waals surface area (Å²) < 4.78 is 4.93. The fourth-order valence-electron chi connectivity index (χ4n) is 1.14. The fourth-order valence-corrected chi connectivity index (χ4v) is 1.14. The highest BCUT2D eigenvalue weighted by atomic mass is 16.6. The zero-order valence-corrected chi connectivity index (χ0v) is 7.71. The van der Waals surface area contributed by atoms with Crippen LogP contribution in [0.3, 0.4) is 0 Å². The summed E-state index contributed by atoms with van der Waals surface area (Å²) in [5.74, 6) is 0.544. The minimum absolute atomic E-state index is 0.442. The molecule has 1 N–H and O–H groups in total. The van der Waals surface area contributed by atoms with E-state index in [2.05, 4.69) is 0 Å². The van der Waals surface area contributed by atoms with Crippen molar-refractivity contribution in [1.82, 2.24) is 0 Å². The highest BCUT2D eigenvalue weighted by Gasteiger charge is 2.21. The van der Waals surface area contributed by atoms with Crippen LogP contribution in [-0.4, -0.2) is 23.7 Å². The Kier molecular flexibility index (Phi) is 3.41. The smallest absolute Gasteiger partial charge is 0.260 e. The molecule has 0 saturated heterocycles. The molecule has 1 aromatic rings. The molecule has 0 aromatic heterocycles. The summed E-state index contributed by atoms with van der Waals surface area (Å²) in [5.41, 5.74) is 0.442. The number of rotatable bonds is 4. The van der Waals surface area contributed by atoms with E-state index in [9.17, 15) is 10.1 Å². The van der Waals surface area contributed by atoms with Crippen LogP contribution in [0.4, 0.5) is 0 Å². The van der Waals surface area contributed by atoms with Gasteiger partial charge in [0.2, 0.25) is 0 Å². The molecule has 1 aromatic carbocycles. The van der Waals surface area contributed by atoms with Gasteiger partial charge in [-0.25, -0.2) is 0 Å². The van der Waals surface area contributed by atoms with Gasteiger partial charge in [0.05, 0.1) is 7.11 Å². The summed E-state index contributed by atoms with van der Waals surface area (Å²) >= 11 is 0. The monoisotopic (exact) mass is 197 g/mol. The molecule has 0 radical (unpaired) electrons. The van der Waals surface area contributed by atoms with Crippen LogP contribution >= 0.6 is 0 Å². The lowest BCUT2D eigenvalue weighted by Gasteiger charge is -2.07. The maximum absolute atomic E-state index is 10.5. The Morgan fingerprint density at radius 3 is 2.86 bits per heavy atom. The Morgan fingerprint density at radius 2 is 2.36 bits per heavy atom. The Bertz CT molecular complexity index is 326. The van der Waals surface area contributed by atoms with Crippen LogP contribution in [0, 0.1) is 10.1 Å². The standard InChI is InChI=1S/C9H11NO4/c1-14-8-4-2-3-7(5-8)9(6-11)10(12)13/h2-5,9,11H,6H2,1H3. The maximum Gasteiger partial charge on any atom is 0.260 e. The molecule has 0 fully saturated rings. The van der Waals surface area contributed by atoms with E-state index >= 15 is 0 Å². The second-order valence-corrected chi connectivity index (χ2v) is 2.76. The SMILES string of the molecule is COc1cccc(C(CO)[N+](=O)[O-])c1. The number of benzene rings is 1. The van der Waals surface area contributed by atoms with E-state index in [-0.39, 0.29) is 0 Å². The van der Waals surface area contributed by atoms with E-state index in [1.165, 1.54) is 7.11 Å². The molecule has 1 rings (SSSR count). The van der Waals surface area contributed by atoms with Crippen molar-refractivity contribution in [1.29, 1.82) is 0 Å². The normalized spacial score (nSPS) is 12.1. The molecule has 0 saturated carbocycles. The average molecular weight is 197 g/mol. The van der Waals surface area contributed by atoms with E-state index < -0.39 is 17.6 Å². The molecule has 0 aliphatic rings. The van der Waals surface area contributed by atoms with Crippen LogP contribution in [0.25, 0.3) is 0 Å². The summed E-state index contributed by atoms with van der Waals surface area (Å²) in [6.45, 7) is -0.514. The van der Waals surface area contributed by atoms with Crippen LogP contribution in [0.15, 0.2) is 24.3 Å². The lowest BCUT2D eigenvalue weighted by Crippen LogP contribution is -2.14. The lowest BCUT2D eigenvalue weighted by atomic mass is 10.1. The summed E-state index contributed by atoms with van der Waals surface area (Å²) in [7, 11) is 1.49. The first kappa shape index (κ1) is 10.5. The molecule has 5 heteroatoms. The molecule has 0 heterocycles. The molecule has 1 unspecified atom stereocenters. The third-order valence-corrected chi connectivity index (χ3v) is 1.91. The largest absolute Gasteiger partial charge is 0.497 e. The summed E-state index contributed by atoms with van der Waals surface area (Å²) in [5, 5.41) is 19.4. The molecule has 5 nitrogen and oxygen atoms in total. The Morgan fingerprint density at radius 1 is 1.64 bits per heavy atom. The number of hydrogen-bond donors (Lipinski definition) is 1. The molecular formula is C9H11NO4. The molecule has 1 atom stereocenters. The van der Waals surface area contributed by atoms with Crippen molar-refractivity contribution in [2.75, 3.05) is 13.7 Å². The number of hydrogen-bond acceptors (Lipinski definition) is 4. The second kappa shape index (κ2) is 4.57. The number of aliphatic hydroxyl groups is 1. The molecule has 0 spiro atoms. The summed E-state index contributed by atoms with van der Waals surface area (Å²) in [6, 6.07) is 5.40. The topological polar surface area (TPSA) is 72.6 Å². The number of aliphatic hydroxyl groups excluding tert-OH is 1. The van der Waals surface area contributed by atoms with Crippen LogP contribution in [0.5, 0.6) is 5.75 Å². The van der Waals surface area contributed by atoms with Crippen LogP contribution in [0.2, 0.25) is 0 Å². The lowest BCUT2D eigenvalue weighted by molar-refractivity contribution is -0.532. The maximum atomic E-state index is 10.5. The van der Waals surface area contributed by atoms with Gasteiger partial charge in [0.1, 0.15) is 12.4 Å². The number of nitro groups is 1. The molecule has 0 amide bonds. The van der Waals surface area contributed by atoms with Crippen LogP contribution in [0.1, 0.15) is 11.6 Å². The Labute approximate surface area is 81.1 Å². The number of ether oxygens (including phenoxy) is 1. The molecule has 0 bridgehead atoms. The van der Waals surface area contributed by atoms with Gasteiger partial charge >= 0.3 is 0 Å². The van der Waals surface area contributed by atoms with Crippen LogP contribution < -0.4 is 4.74 Å². The number of nitrogens with zero attached hydrogens (tertiary/aromatic N) is 1. The predicted molar refractivity (Wildman–Crippen MR) is 49.8 cm³/mol. The Hall–Kier alpha value is -1.62. The molecule has 14 heavy (non-hydrogen) atoms. The zero-order chi connectivity index (χ0) is 10.6. The van der Waals surface area contributed by atoms with Gasteiger partial charge in [-0.05, 0) is 12.1 Å². The highest BCUT2D eigenvalue weighted by molar-refractivity contribution is 5.29. The van der Waals surface area contributed by atoms with Crippen molar-refractivity contribution in [2.45, 2.75) is 6.04 Å². The van der Waals surface area contributed by atoms with Gasteiger partial charge in [0, 0.05) is 10.5 Å². The molecular weight excluding hydrogens is 186 g/mol. The Balaban J connectivity index is 2.98. The highest BCUT2D eigenvalue weighted by Crippen LogP contribution is 2.20. The fraction of sp³-hybridized carbons (Fsp3) is 0.333. The van der Waals surface area contributed by atoms with E-state index in [1.54, 1.807) is 24.3 Å². The average Bonchev–Trinajstić information content (AvgIpc) is 2.19. The van der Waals surface area contributed by atoms with E-state index in [1.807, 2.05) is 0 Å². The van der Waals surface area contributed by atoms with E-state index in [0.29, 0.717) is 11.3 Å². The van der Waals surface area contributed by atoms with Crippen LogP contribution in [-0.2, 0) is 0 Å². The van der Waals surface area contributed by atoms with Crippen molar-refractivity contribution in [3.63, 3.8) is 0 Å². The minimum Gasteiger partial charge on any atom is -0.497 e. The first-order valence-corrected chi connectivity index (χ1v) is 4.07. The van der Waals surface area contributed by atoms with Crippen molar-refractivity contribution in [3.8, 4) is 5.75 Å².